The standard InChI is InChI=1S/C10H14ClN3/c11-10-12-5-4-9(13-10)8-14-6-2-1-3-7-14/h4-5H,1-3,6-8H2. The average molecular weight is 212 g/mol. The molecule has 0 bridgehead atoms. The van der Waals surface area contributed by atoms with Gasteiger partial charge in [0.05, 0.1) is 5.69 Å². The third kappa shape index (κ3) is 2.66. The zero-order valence-electron chi connectivity index (χ0n) is 8.12. The summed E-state index contributed by atoms with van der Waals surface area (Å²) < 4.78 is 0. The normalized spacial score (nSPS) is 18.4. The van der Waals surface area contributed by atoms with E-state index in [0.717, 1.165) is 12.2 Å². The molecule has 0 spiro atoms. The highest BCUT2D eigenvalue weighted by atomic mass is 35.5. The van der Waals surface area contributed by atoms with E-state index >= 15 is 0 Å². The summed E-state index contributed by atoms with van der Waals surface area (Å²) >= 11 is 5.72. The van der Waals surface area contributed by atoms with E-state index in [1.54, 1.807) is 6.20 Å². The Morgan fingerprint density at radius 3 is 2.79 bits per heavy atom. The number of nitrogens with zero attached hydrogens (tertiary/aromatic N) is 3. The molecular formula is C10H14ClN3. The van der Waals surface area contributed by atoms with Crippen LogP contribution in [0.3, 0.4) is 0 Å². The molecule has 1 saturated heterocycles. The van der Waals surface area contributed by atoms with E-state index in [4.69, 9.17) is 11.6 Å². The van der Waals surface area contributed by atoms with E-state index in [0.29, 0.717) is 5.28 Å². The van der Waals surface area contributed by atoms with Crippen LogP contribution in [0.1, 0.15) is 25.0 Å². The summed E-state index contributed by atoms with van der Waals surface area (Å²) in [4.78, 5) is 10.5. The zero-order chi connectivity index (χ0) is 9.80. The smallest absolute Gasteiger partial charge is 0.222 e. The van der Waals surface area contributed by atoms with Gasteiger partial charge in [-0.25, -0.2) is 9.97 Å². The molecule has 1 aliphatic rings. The lowest BCUT2D eigenvalue weighted by Crippen LogP contribution is -2.29. The fourth-order valence-electron chi connectivity index (χ4n) is 1.80. The molecule has 0 aliphatic carbocycles. The van der Waals surface area contributed by atoms with Gasteiger partial charge in [-0.2, -0.15) is 0 Å². The average Bonchev–Trinajstić information content (AvgIpc) is 2.19. The van der Waals surface area contributed by atoms with Gasteiger partial charge in [-0.05, 0) is 43.6 Å². The molecule has 0 unspecified atom stereocenters. The number of aromatic nitrogens is 2. The summed E-state index contributed by atoms with van der Waals surface area (Å²) in [6, 6.07) is 1.93. The molecule has 0 saturated carbocycles. The van der Waals surface area contributed by atoms with Crippen LogP contribution in [0.25, 0.3) is 0 Å². The maximum absolute atomic E-state index is 5.72. The van der Waals surface area contributed by atoms with Gasteiger partial charge in [0.2, 0.25) is 5.28 Å². The van der Waals surface area contributed by atoms with Crippen molar-refractivity contribution in [1.29, 1.82) is 0 Å². The minimum absolute atomic E-state index is 0.347. The number of piperidine rings is 1. The van der Waals surface area contributed by atoms with Gasteiger partial charge in [-0.1, -0.05) is 6.42 Å². The molecule has 3 nitrogen and oxygen atoms in total. The Labute approximate surface area is 89.1 Å². The van der Waals surface area contributed by atoms with Crippen molar-refractivity contribution in [2.24, 2.45) is 0 Å². The van der Waals surface area contributed by atoms with E-state index in [1.807, 2.05) is 6.07 Å². The Balaban J connectivity index is 1.95. The Hall–Kier alpha value is -0.670. The number of hydrogen-bond donors (Lipinski definition) is 0. The molecule has 2 heterocycles. The lowest BCUT2D eigenvalue weighted by atomic mass is 10.1. The Bertz CT molecular complexity index is 297. The second-order valence-electron chi connectivity index (χ2n) is 3.65. The number of rotatable bonds is 2. The largest absolute Gasteiger partial charge is 0.298 e. The predicted octanol–water partition coefficient (Wildman–Crippen LogP) is 2.12. The van der Waals surface area contributed by atoms with Crippen molar-refractivity contribution in [1.82, 2.24) is 14.9 Å². The maximum Gasteiger partial charge on any atom is 0.222 e. The second kappa shape index (κ2) is 4.71. The maximum atomic E-state index is 5.72. The number of likely N-dealkylation sites (tertiary alicyclic amines) is 1. The van der Waals surface area contributed by atoms with Gasteiger partial charge in [0.25, 0.3) is 0 Å². The molecule has 76 valence electrons. The summed E-state index contributed by atoms with van der Waals surface area (Å²) in [5, 5.41) is 0.347. The van der Waals surface area contributed by atoms with Crippen molar-refractivity contribution >= 4 is 11.6 Å². The highest BCUT2D eigenvalue weighted by Gasteiger charge is 2.10. The van der Waals surface area contributed by atoms with Crippen molar-refractivity contribution < 1.29 is 0 Å². The van der Waals surface area contributed by atoms with Crippen LogP contribution >= 0.6 is 11.6 Å². The monoisotopic (exact) mass is 211 g/mol. The predicted molar refractivity (Wildman–Crippen MR) is 56.2 cm³/mol. The van der Waals surface area contributed by atoms with Gasteiger partial charge < -0.3 is 0 Å². The van der Waals surface area contributed by atoms with Crippen LogP contribution in [0.5, 0.6) is 0 Å². The Morgan fingerprint density at radius 2 is 2.07 bits per heavy atom. The molecule has 0 aromatic carbocycles. The summed E-state index contributed by atoms with van der Waals surface area (Å²) in [5.74, 6) is 0. The minimum Gasteiger partial charge on any atom is -0.298 e. The molecule has 4 heteroatoms. The zero-order valence-corrected chi connectivity index (χ0v) is 8.87. The van der Waals surface area contributed by atoms with Crippen LogP contribution in [0, 0.1) is 0 Å². The molecule has 1 aromatic rings. The second-order valence-corrected chi connectivity index (χ2v) is 3.99. The SMILES string of the molecule is Clc1nccc(CN2CCCCC2)n1. The Kier molecular flexibility index (Phi) is 3.32. The molecule has 0 atom stereocenters. The third-order valence-corrected chi connectivity index (χ3v) is 2.70. The summed E-state index contributed by atoms with van der Waals surface area (Å²) in [7, 11) is 0. The third-order valence-electron chi connectivity index (χ3n) is 2.52. The first-order valence-electron chi connectivity index (χ1n) is 5.04. The van der Waals surface area contributed by atoms with Crippen LogP contribution in [-0.4, -0.2) is 28.0 Å². The van der Waals surface area contributed by atoms with Crippen LogP contribution in [0.15, 0.2) is 12.3 Å². The van der Waals surface area contributed by atoms with Crippen LogP contribution in [0.4, 0.5) is 0 Å². The van der Waals surface area contributed by atoms with Crippen LogP contribution in [-0.2, 0) is 6.54 Å². The minimum atomic E-state index is 0.347. The van der Waals surface area contributed by atoms with E-state index < -0.39 is 0 Å². The molecule has 0 radical (unpaired) electrons. The summed E-state index contributed by atoms with van der Waals surface area (Å²) in [6.45, 7) is 3.27. The van der Waals surface area contributed by atoms with E-state index in [-0.39, 0.29) is 0 Å². The van der Waals surface area contributed by atoms with Crippen molar-refractivity contribution in [2.75, 3.05) is 13.1 Å². The van der Waals surface area contributed by atoms with Crippen molar-refractivity contribution in [3.8, 4) is 0 Å². The number of hydrogen-bond acceptors (Lipinski definition) is 3. The summed E-state index contributed by atoms with van der Waals surface area (Å²) in [6.07, 6.45) is 5.69. The van der Waals surface area contributed by atoms with Gasteiger partial charge in [-0.15, -0.1) is 0 Å². The highest BCUT2D eigenvalue weighted by molar-refractivity contribution is 6.28. The fourth-order valence-corrected chi connectivity index (χ4v) is 1.97. The first-order valence-corrected chi connectivity index (χ1v) is 5.42. The molecule has 14 heavy (non-hydrogen) atoms. The molecule has 2 rings (SSSR count). The fraction of sp³-hybridized carbons (Fsp3) is 0.600. The lowest BCUT2D eigenvalue weighted by Gasteiger charge is -2.25. The molecule has 1 aromatic heterocycles. The van der Waals surface area contributed by atoms with Gasteiger partial charge >= 0.3 is 0 Å². The molecular weight excluding hydrogens is 198 g/mol. The van der Waals surface area contributed by atoms with E-state index in [9.17, 15) is 0 Å². The van der Waals surface area contributed by atoms with Crippen molar-refractivity contribution in [3.05, 3.63) is 23.2 Å². The summed E-state index contributed by atoms with van der Waals surface area (Å²) in [5.41, 5.74) is 1.02. The van der Waals surface area contributed by atoms with Gasteiger partial charge in [0.1, 0.15) is 0 Å². The Morgan fingerprint density at radius 1 is 1.29 bits per heavy atom. The van der Waals surface area contributed by atoms with Crippen molar-refractivity contribution in [3.63, 3.8) is 0 Å². The van der Waals surface area contributed by atoms with Gasteiger partial charge in [0, 0.05) is 12.7 Å². The molecule has 1 aliphatic heterocycles. The first-order chi connectivity index (χ1) is 6.84. The number of halogens is 1. The van der Waals surface area contributed by atoms with Crippen LogP contribution in [0.2, 0.25) is 5.28 Å². The highest BCUT2D eigenvalue weighted by Crippen LogP contribution is 2.12. The van der Waals surface area contributed by atoms with Crippen LogP contribution < -0.4 is 0 Å². The van der Waals surface area contributed by atoms with Crippen molar-refractivity contribution in [2.45, 2.75) is 25.8 Å². The van der Waals surface area contributed by atoms with Gasteiger partial charge in [0.15, 0.2) is 0 Å². The van der Waals surface area contributed by atoms with Gasteiger partial charge in [-0.3, -0.25) is 4.90 Å². The van der Waals surface area contributed by atoms with E-state index in [1.165, 1.54) is 32.4 Å². The molecule has 0 N–H and O–H groups in total. The topological polar surface area (TPSA) is 29.0 Å². The quantitative estimate of drug-likeness (QED) is 0.702. The molecule has 1 fully saturated rings. The lowest BCUT2D eigenvalue weighted by molar-refractivity contribution is 0.218. The molecule has 0 amide bonds. The van der Waals surface area contributed by atoms with E-state index in [2.05, 4.69) is 14.9 Å². The first kappa shape index (κ1) is 9.87.